The van der Waals surface area contributed by atoms with E-state index in [1.165, 1.54) is 0 Å². The van der Waals surface area contributed by atoms with Gasteiger partial charge in [0.25, 0.3) is 5.91 Å². The molecule has 1 aliphatic rings. The monoisotopic (exact) mass is 403 g/mol. The van der Waals surface area contributed by atoms with Gasteiger partial charge in [0.15, 0.2) is 0 Å². The zero-order valence-corrected chi connectivity index (χ0v) is 17.0. The van der Waals surface area contributed by atoms with Gasteiger partial charge in [-0.3, -0.25) is 4.79 Å². The Bertz CT molecular complexity index is 1110. The Hall–Kier alpha value is -3.38. The smallest absolute Gasteiger partial charge is 0.273 e. The molecule has 1 aliphatic heterocycles. The molecule has 154 valence electrons. The van der Waals surface area contributed by atoms with Crippen molar-refractivity contribution in [1.82, 2.24) is 9.99 Å². The van der Waals surface area contributed by atoms with Crippen LogP contribution in [0.4, 0.5) is 0 Å². The number of para-hydroxylation sites is 1. The highest BCUT2D eigenvalue weighted by atomic mass is 16.5. The molecule has 2 heterocycles. The van der Waals surface area contributed by atoms with E-state index >= 15 is 0 Å². The Morgan fingerprint density at radius 1 is 1.13 bits per heavy atom. The Kier molecular flexibility index (Phi) is 5.95. The predicted octanol–water partition coefficient (Wildman–Crippen LogP) is 3.53. The third-order valence-corrected chi connectivity index (χ3v) is 5.30. The van der Waals surface area contributed by atoms with Crippen LogP contribution in [-0.2, 0) is 17.8 Å². The van der Waals surface area contributed by atoms with Gasteiger partial charge >= 0.3 is 0 Å². The molecule has 1 amide bonds. The molecule has 2 aromatic carbocycles. The summed E-state index contributed by atoms with van der Waals surface area (Å²) in [5.41, 5.74) is 7.08. The second-order valence-electron chi connectivity index (χ2n) is 7.31. The molecule has 3 aromatic rings. The van der Waals surface area contributed by atoms with Crippen LogP contribution < -0.4 is 10.2 Å². The van der Waals surface area contributed by atoms with Gasteiger partial charge in [-0.25, -0.2) is 5.43 Å². The Morgan fingerprint density at radius 2 is 1.93 bits per heavy atom. The van der Waals surface area contributed by atoms with Gasteiger partial charge in [-0.2, -0.15) is 5.10 Å². The maximum Gasteiger partial charge on any atom is 0.273 e. The SMILES string of the molecule is COc1ccc(CC2=NNC(=O)C2=Cc2cn(CCCCO)c3ccccc23)cc1. The Morgan fingerprint density at radius 3 is 2.70 bits per heavy atom. The molecule has 0 spiro atoms. The summed E-state index contributed by atoms with van der Waals surface area (Å²) in [5.74, 6) is 0.613. The van der Waals surface area contributed by atoms with Crippen LogP contribution in [0.2, 0.25) is 0 Å². The highest BCUT2D eigenvalue weighted by Gasteiger charge is 2.23. The number of benzene rings is 2. The Balaban J connectivity index is 1.64. The fourth-order valence-corrected chi connectivity index (χ4v) is 3.71. The van der Waals surface area contributed by atoms with E-state index in [-0.39, 0.29) is 12.5 Å². The van der Waals surface area contributed by atoms with Crippen LogP contribution in [-0.4, -0.2) is 35.0 Å². The lowest BCUT2D eigenvalue weighted by atomic mass is 10.00. The van der Waals surface area contributed by atoms with Crippen LogP contribution in [0, 0.1) is 0 Å². The van der Waals surface area contributed by atoms with Crippen molar-refractivity contribution in [1.29, 1.82) is 0 Å². The van der Waals surface area contributed by atoms with Crippen LogP contribution in [0.5, 0.6) is 5.75 Å². The largest absolute Gasteiger partial charge is 0.497 e. The molecule has 2 N–H and O–H groups in total. The maximum atomic E-state index is 12.5. The van der Waals surface area contributed by atoms with Crippen molar-refractivity contribution in [3.05, 3.63) is 71.4 Å². The molecule has 0 atom stereocenters. The van der Waals surface area contributed by atoms with Crippen molar-refractivity contribution >= 4 is 28.6 Å². The number of aliphatic hydroxyl groups excluding tert-OH is 1. The summed E-state index contributed by atoms with van der Waals surface area (Å²) in [7, 11) is 1.64. The predicted molar refractivity (Wildman–Crippen MR) is 119 cm³/mol. The van der Waals surface area contributed by atoms with Crippen molar-refractivity contribution in [2.45, 2.75) is 25.8 Å². The zero-order valence-electron chi connectivity index (χ0n) is 17.0. The van der Waals surface area contributed by atoms with E-state index in [0.29, 0.717) is 12.0 Å². The van der Waals surface area contributed by atoms with Crippen molar-refractivity contribution < 1.29 is 14.6 Å². The molecule has 0 bridgehead atoms. The highest BCUT2D eigenvalue weighted by molar-refractivity contribution is 6.28. The van der Waals surface area contributed by atoms with E-state index in [2.05, 4.69) is 33.4 Å². The number of nitrogens with one attached hydrogen (secondary N) is 1. The second kappa shape index (κ2) is 8.97. The third kappa shape index (κ3) is 4.14. The van der Waals surface area contributed by atoms with E-state index in [1.807, 2.05) is 42.5 Å². The van der Waals surface area contributed by atoms with Crippen LogP contribution in [0.3, 0.4) is 0 Å². The average molecular weight is 403 g/mol. The fraction of sp³-hybridized carbons (Fsp3) is 0.250. The maximum absolute atomic E-state index is 12.5. The number of carbonyl (C=O) groups is 1. The standard InChI is InChI=1S/C24H25N3O3/c1-30-19-10-8-17(9-11-19)14-22-21(24(29)26-25-22)15-18-16-27(12-4-5-13-28)23-7-3-2-6-20(18)23/h2-3,6-11,15-16,28H,4-5,12-14H2,1H3,(H,26,29). The van der Waals surface area contributed by atoms with E-state index in [4.69, 9.17) is 9.84 Å². The molecule has 0 aliphatic carbocycles. The lowest BCUT2D eigenvalue weighted by molar-refractivity contribution is -0.116. The van der Waals surface area contributed by atoms with Gasteiger partial charge in [-0.15, -0.1) is 0 Å². The number of aliphatic hydroxyl groups is 1. The van der Waals surface area contributed by atoms with Crippen LogP contribution in [0.1, 0.15) is 24.0 Å². The number of rotatable bonds is 8. The number of hydrogen-bond donors (Lipinski definition) is 2. The minimum Gasteiger partial charge on any atom is -0.497 e. The first-order valence-corrected chi connectivity index (χ1v) is 10.1. The number of hydrogen-bond acceptors (Lipinski definition) is 4. The van der Waals surface area contributed by atoms with Crippen LogP contribution >= 0.6 is 0 Å². The first kappa shape index (κ1) is 19.9. The zero-order chi connectivity index (χ0) is 20.9. The molecule has 0 radical (unpaired) electrons. The summed E-state index contributed by atoms with van der Waals surface area (Å²) in [4.78, 5) is 12.5. The van der Waals surface area contributed by atoms with Crippen LogP contribution in [0.15, 0.2) is 65.4 Å². The minimum atomic E-state index is -0.185. The van der Waals surface area contributed by atoms with Crippen molar-refractivity contribution in [3.63, 3.8) is 0 Å². The molecule has 0 saturated heterocycles. The van der Waals surface area contributed by atoms with Gasteiger partial charge in [-0.05, 0) is 42.7 Å². The lowest BCUT2D eigenvalue weighted by Gasteiger charge is -2.04. The molecule has 6 heteroatoms. The molecule has 0 saturated carbocycles. The molecule has 0 fully saturated rings. The minimum absolute atomic E-state index is 0.185. The number of aromatic nitrogens is 1. The number of carbonyl (C=O) groups excluding carboxylic acids is 1. The van der Waals surface area contributed by atoms with Gasteiger partial charge in [0.05, 0.1) is 18.4 Å². The summed E-state index contributed by atoms with van der Waals surface area (Å²) in [6, 6.07) is 15.9. The number of ether oxygens (including phenoxy) is 1. The molecular formula is C24H25N3O3. The first-order valence-electron chi connectivity index (χ1n) is 10.1. The number of nitrogens with zero attached hydrogens (tertiary/aromatic N) is 2. The van der Waals surface area contributed by atoms with Crippen molar-refractivity contribution in [2.24, 2.45) is 5.10 Å². The molecule has 4 rings (SSSR count). The van der Waals surface area contributed by atoms with E-state index in [1.54, 1.807) is 7.11 Å². The second-order valence-corrected chi connectivity index (χ2v) is 7.31. The number of aryl methyl sites for hydroxylation is 1. The normalized spacial score (nSPS) is 14.9. The van der Waals surface area contributed by atoms with Crippen LogP contribution in [0.25, 0.3) is 17.0 Å². The summed E-state index contributed by atoms with van der Waals surface area (Å²) >= 11 is 0. The number of hydrazone groups is 1. The quantitative estimate of drug-likeness (QED) is 0.446. The Labute approximate surface area is 175 Å². The molecule has 0 unspecified atom stereocenters. The fourth-order valence-electron chi connectivity index (χ4n) is 3.71. The van der Waals surface area contributed by atoms with Gasteiger partial charge in [0.2, 0.25) is 0 Å². The highest BCUT2D eigenvalue weighted by Crippen LogP contribution is 2.26. The number of methoxy groups -OCH3 is 1. The van der Waals surface area contributed by atoms with Gasteiger partial charge in [0, 0.05) is 42.2 Å². The molecular weight excluding hydrogens is 378 g/mol. The summed E-state index contributed by atoms with van der Waals surface area (Å²) in [6.45, 7) is 1.02. The number of fused-ring (bicyclic) bond motifs is 1. The molecule has 6 nitrogen and oxygen atoms in total. The van der Waals surface area contributed by atoms with E-state index in [0.717, 1.165) is 52.9 Å². The summed E-state index contributed by atoms with van der Waals surface area (Å²) < 4.78 is 7.40. The lowest BCUT2D eigenvalue weighted by Crippen LogP contribution is -2.14. The van der Waals surface area contributed by atoms with Crippen molar-refractivity contribution in [2.75, 3.05) is 13.7 Å². The third-order valence-electron chi connectivity index (χ3n) is 5.30. The molecule has 1 aromatic heterocycles. The van der Waals surface area contributed by atoms with Crippen molar-refractivity contribution in [3.8, 4) is 5.75 Å². The summed E-state index contributed by atoms with van der Waals surface area (Å²) in [5, 5.41) is 14.4. The number of amides is 1. The topological polar surface area (TPSA) is 75.8 Å². The number of unbranched alkanes of at least 4 members (excludes halogenated alkanes) is 1. The van der Waals surface area contributed by atoms with Gasteiger partial charge in [0.1, 0.15) is 5.75 Å². The van der Waals surface area contributed by atoms with Gasteiger partial charge in [-0.1, -0.05) is 30.3 Å². The summed E-state index contributed by atoms with van der Waals surface area (Å²) in [6.07, 6.45) is 6.23. The average Bonchev–Trinajstić information content (AvgIpc) is 3.30. The van der Waals surface area contributed by atoms with Gasteiger partial charge < -0.3 is 14.4 Å². The molecule has 30 heavy (non-hydrogen) atoms. The first-order chi connectivity index (χ1) is 14.7. The van der Waals surface area contributed by atoms with E-state index < -0.39 is 0 Å². The van der Waals surface area contributed by atoms with E-state index in [9.17, 15) is 4.79 Å².